The Balaban J connectivity index is 0.000000619. The molecule has 1 heterocycles. The highest BCUT2D eigenvalue weighted by molar-refractivity contribution is 5.44. The van der Waals surface area contributed by atoms with Crippen molar-refractivity contribution in [2.24, 2.45) is 5.92 Å². The quantitative estimate of drug-likeness (QED) is 0.273. The molecule has 0 spiro atoms. The molecule has 0 amide bonds. The highest BCUT2D eigenvalue weighted by Crippen LogP contribution is 2.31. The Hall–Kier alpha value is -2.42. The molecule has 1 aromatic heterocycles. The van der Waals surface area contributed by atoms with Gasteiger partial charge in [-0.1, -0.05) is 51.3 Å². The first kappa shape index (κ1) is 31.6. The second kappa shape index (κ2) is 17.1. The number of halogens is 4. The van der Waals surface area contributed by atoms with Gasteiger partial charge in [0.25, 0.3) is 0 Å². The number of benzene rings is 1. The highest BCUT2D eigenvalue weighted by Gasteiger charge is 2.33. The van der Waals surface area contributed by atoms with Crippen LogP contribution in [0.1, 0.15) is 82.5 Å². The number of aliphatic hydroxyl groups is 1. The van der Waals surface area contributed by atoms with Gasteiger partial charge < -0.3 is 19.7 Å². The smallest absolute Gasteiger partial charge is 0.395 e. The molecule has 5 nitrogen and oxygen atoms in total. The average molecular weight is 491 g/mol. The number of aliphatic hydroxyl groups excluding tert-OH is 1. The van der Waals surface area contributed by atoms with Crippen LogP contribution >= 0.6 is 0 Å². The predicted molar refractivity (Wildman–Crippen MR) is 126 cm³/mol. The first-order valence-corrected chi connectivity index (χ1v) is 11.6. The van der Waals surface area contributed by atoms with Crippen molar-refractivity contribution in [2.45, 2.75) is 78.8 Å². The third kappa shape index (κ3) is 12.7. The molecule has 2 rings (SSSR count). The maximum atomic E-state index is 12.6. The molecule has 2 N–H and O–H groups in total. The van der Waals surface area contributed by atoms with E-state index in [1.165, 1.54) is 39.2 Å². The zero-order chi connectivity index (χ0) is 26.1. The van der Waals surface area contributed by atoms with Crippen molar-refractivity contribution in [3.8, 4) is 0 Å². The largest absolute Gasteiger partial charge is 0.419 e. The number of anilines is 1. The van der Waals surface area contributed by atoms with Gasteiger partial charge in [0.1, 0.15) is 12.1 Å². The Morgan fingerprint density at radius 2 is 1.82 bits per heavy atom. The SMILES string of the molecule is CC=O.CCCC(CCC(C)CC)c1cc(NCCO)on1.Cc1ccc(C(F)(F)F)c(F)c1. The van der Waals surface area contributed by atoms with Crippen LogP contribution in [0.5, 0.6) is 0 Å². The van der Waals surface area contributed by atoms with E-state index in [9.17, 15) is 17.6 Å². The van der Waals surface area contributed by atoms with Crippen LogP contribution in [0.4, 0.5) is 23.4 Å². The molecular weight excluding hydrogens is 452 g/mol. The van der Waals surface area contributed by atoms with Gasteiger partial charge in [-0.3, -0.25) is 0 Å². The van der Waals surface area contributed by atoms with E-state index < -0.39 is 17.6 Å². The van der Waals surface area contributed by atoms with Crippen LogP contribution in [0.25, 0.3) is 0 Å². The summed E-state index contributed by atoms with van der Waals surface area (Å²) in [5.41, 5.74) is 0.305. The number of carbonyl (C=O) groups is 1. The number of nitrogens with one attached hydrogen (secondary N) is 1. The van der Waals surface area contributed by atoms with Crippen molar-refractivity contribution >= 4 is 12.2 Å². The Morgan fingerprint density at radius 1 is 1.18 bits per heavy atom. The summed E-state index contributed by atoms with van der Waals surface area (Å²) in [5.74, 6) is 0.710. The van der Waals surface area contributed by atoms with Crippen molar-refractivity contribution in [3.63, 3.8) is 0 Å². The zero-order valence-corrected chi connectivity index (χ0v) is 20.7. The van der Waals surface area contributed by atoms with Gasteiger partial charge in [-0.25, -0.2) is 4.39 Å². The van der Waals surface area contributed by atoms with Crippen LogP contribution in [0.2, 0.25) is 0 Å². The summed E-state index contributed by atoms with van der Waals surface area (Å²) in [6, 6.07) is 4.81. The maximum Gasteiger partial charge on any atom is 0.419 e. The number of hydrogen-bond donors (Lipinski definition) is 2. The van der Waals surface area contributed by atoms with E-state index >= 15 is 0 Å². The lowest BCUT2D eigenvalue weighted by atomic mass is 9.90. The fourth-order valence-electron chi connectivity index (χ4n) is 3.07. The Labute approximate surface area is 199 Å². The first-order valence-electron chi connectivity index (χ1n) is 11.6. The number of aromatic nitrogens is 1. The van der Waals surface area contributed by atoms with Crippen molar-refractivity contribution in [3.05, 3.63) is 46.9 Å². The fourth-order valence-corrected chi connectivity index (χ4v) is 3.07. The van der Waals surface area contributed by atoms with E-state index in [0.717, 1.165) is 42.9 Å². The van der Waals surface area contributed by atoms with Gasteiger partial charge in [0, 0.05) is 18.5 Å². The molecule has 0 radical (unpaired) electrons. The van der Waals surface area contributed by atoms with Crippen LogP contribution in [0.3, 0.4) is 0 Å². The van der Waals surface area contributed by atoms with Crippen molar-refractivity contribution < 1.29 is 32.0 Å². The Kier molecular flexibility index (Phi) is 15.9. The lowest BCUT2D eigenvalue weighted by Crippen LogP contribution is -2.07. The number of rotatable bonds is 10. The molecule has 9 heteroatoms. The standard InChI is InChI=1S/C15H28N2O2.C8H6F4.C2H4O/c1-4-6-13(8-7-12(3)5-2)14-11-15(19-17-14)16-9-10-18;1-5-2-3-6(7(9)4-5)8(10,11)12;1-2-3/h11-13,16,18H,4-10H2,1-3H3;2-4H,1H3;2H,1H3. The minimum absolute atomic E-state index is 0.0996. The average Bonchev–Trinajstić information content (AvgIpc) is 3.23. The van der Waals surface area contributed by atoms with Gasteiger partial charge in [-0.05, 0) is 50.3 Å². The summed E-state index contributed by atoms with van der Waals surface area (Å²) in [7, 11) is 0. The number of alkyl halides is 3. The molecule has 0 aliphatic heterocycles. The summed E-state index contributed by atoms with van der Waals surface area (Å²) < 4.78 is 53.7. The van der Waals surface area contributed by atoms with E-state index in [4.69, 9.17) is 14.4 Å². The zero-order valence-electron chi connectivity index (χ0n) is 20.7. The van der Waals surface area contributed by atoms with Crippen molar-refractivity contribution in [2.75, 3.05) is 18.5 Å². The van der Waals surface area contributed by atoms with Gasteiger partial charge in [-0.15, -0.1) is 0 Å². The van der Waals surface area contributed by atoms with Crippen LogP contribution < -0.4 is 5.32 Å². The summed E-state index contributed by atoms with van der Waals surface area (Å²) in [4.78, 5) is 8.81. The van der Waals surface area contributed by atoms with Gasteiger partial charge in [0.15, 0.2) is 0 Å². The third-order valence-corrected chi connectivity index (χ3v) is 5.13. The fraction of sp³-hybridized carbons (Fsp3) is 0.600. The minimum atomic E-state index is -4.60. The lowest BCUT2D eigenvalue weighted by molar-refractivity contribution is -0.140. The molecule has 0 bridgehead atoms. The van der Waals surface area contributed by atoms with E-state index in [1.54, 1.807) is 0 Å². The van der Waals surface area contributed by atoms with Crippen LogP contribution in [0.15, 0.2) is 28.8 Å². The predicted octanol–water partition coefficient (Wildman–Crippen LogP) is 7.15. The van der Waals surface area contributed by atoms with E-state index in [2.05, 4.69) is 31.2 Å². The second-order valence-corrected chi connectivity index (χ2v) is 8.06. The number of carbonyl (C=O) groups excluding carboxylic acids is 1. The molecule has 0 fully saturated rings. The van der Waals surface area contributed by atoms with Crippen molar-refractivity contribution in [1.82, 2.24) is 5.16 Å². The summed E-state index contributed by atoms with van der Waals surface area (Å²) in [6.45, 7) is 10.3. The van der Waals surface area contributed by atoms with Crippen molar-refractivity contribution in [1.29, 1.82) is 0 Å². The van der Waals surface area contributed by atoms with E-state index in [-0.39, 0.29) is 6.61 Å². The molecule has 194 valence electrons. The monoisotopic (exact) mass is 490 g/mol. The van der Waals surface area contributed by atoms with Gasteiger partial charge in [0.2, 0.25) is 5.88 Å². The molecule has 0 saturated carbocycles. The molecule has 1 aromatic carbocycles. The molecule has 2 aromatic rings. The molecule has 2 unspecified atom stereocenters. The highest BCUT2D eigenvalue weighted by atomic mass is 19.4. The summed E-state index contributed by atoms with van der Waals surface area (Å²) in [6.07, 6.45) is 2.13. The topological polar surface area (TPSA) is 75.4 Å². The first-order chi connectivity index (χ1) is 16.0. The lowest BCUT2D eigenvalue weighted by Gasteiger charge is -2.15. The maximum absolute atomic E-state index is 12.6. The van der Waals surface area contributed by atoms with Gasteiger partial charge in [0.05, 0.1) is 17.9 Å². The van der Waals surface area contributed by atoms with E-state index in [1.807, 2.05) is 6.07 Å². The summed E-state index contributed by atoms with van der Waals surface area (Å²) >= 11 is 0. The third-order valence-electron chi connectivity index (χ3n) is 5.13. The molecule has 0 aliphatic rings. The molecule has 0 aliphatic carbocycles. The van der Waals surface area contributed by atoms with Gasteiger partial charge in [-0.2, -0.15) is 13.2 Å². The Morgan fingerprint density at radius 3 is 2.32 bits per heavy atom. The number of nitrogens with zero attached hydrogens (tertiary/aromatic N) is 1. The van der Waals surface area contributed by atoms with E-state index in [0.29, 0.717) is 23.9 Å². The van der Waals surface area contributed by atoms with Crippen LogP contribution in [0, 0.1) is 18.7 Å². The molecular formula is C25H38F4N2O3. The number of aldehydes is 1. The normalized spacial score (nSPS) is 12.5. The molecule has 0 saturated heterocycles. The van der Waals surface area contributed by atoms with Crippen LogP contribution in [-0.4, -0.2) is 29.7 Å². The molecule has 34 heavy (non-hydrogen) atoms. The summed E-state index contributed by atoms with van der Waals surface area (Å²) in [5, 5.41) is 16.0. The minimum Gasteiger partial charge on any atom is -0.395 e. The van der Waals surface area contributed by atoms with Gasteiger partial charge >= 0.3 is 6.18 Å². The second-order valence-electron chi connectivity index (χ2n) is 8.06. The number of hydrogen-bond acceptors (Lipinski definition) is 5. The van der Waals surface area contributed by atoms with Crippen LogP contribution in [-0.2, 0) is 11.0 Å². The Bertz CT molecular complexity index is 810. The molecule has 2 atom stereocenters. The number of aryl methyl sites for hydroxylation is 1.